The van der Waals surface area contributed by atoms with Gasteiger partial charge in [0.25, 0.3) is 5.69 Å². The molecule has 0 radical (unpaired) electrons. The van der Waals surface area contributed by atoms with E-state index >= 15 is 0 Å². The van der Waals surface area contributed by atoms with Gasteiger partial charge in [-0.25, -0.2) is 18.2 Å². The molecule has 0 aliphatic carbocycles. The van der Waals surface area contributed by atoms with Gasteiger partial charge in [-0.3, -0.25) is 10.1 Å². The van der Waals surface area contributed by atoms with E-state index in [-0.39, 0.29) is 22.8 Å². The van der Waals surface area contributed by atoms with Gasteiger partial charge in [-0.2, -0.15) is 4.31 Å². The van der Waals surface area contributed by atoms with Crippen molar-refractivity contribution in [3.05, 3.63) is 64.0 Å². The Morgan fingerprint density at radius 3 is 2.61 bits per heavy atom. The molecule has 0 unspecified atom stereocenters. The van der Waals surface area contributed by atoms with Crippen LogP contribution in [0.1, 0.15) is 42.4 Å². The summed E-state index contributed by atoms with van der Waals surface area (Å²) in [5.41, 5.74) is 1.10. The van der Waals surface area contributed by atoms with Crippen LogP contribution >= 0.6 is 0 Å². The molecule has 1 aromatic heterocycles. The Hall–Kier alpha value is -3.31. The van der Waals surface area contributed by atoms with E-state index in [9.17, 15) is 23.3 Å². The Morgan fingerprint density at radius 2 is 1.91 bits per heavy atom. The van der Waals surface area contributed by atoms with E-state index in [1.165, 1.54) is 22.5 Å². The molecule has 3 aromatic rings. The van der Waals surface area contributed by atoms with Crippen LogP contribution in [0.2, 0.25) is 0 Å². The highest BCUT2D eigenvalue weighted by Gasteiger charge is 2.27. The zero-order chi connectivity index (χ0) is 23.6. The van der Waals surface area contributed by atoms with Gasteiger partial charge < -0.3 is 9.30 Å². The van der Waals surface area contributed by atoms with E-state index in [1.54, 1.807) is 18.2 Å². The molecule has 2 heterocycles. The molecular formula is C22H24N4O6S. The summed E-state index contributed by atoms with van der Waals surface area (Å²) >= 11 is 0. The number of fused-ring (bicyclic) bond motifs is 1. The summed E-state index contributed by atoms with van der Waals surface area (Å²) in [5, 5.41) is 10.9. The second kappa shape index (κ2) is 9.28. The van der Waals surface area contributed by atoms with E-state index in [2.05, 4.69) is 4.98 Å². The predicted octanol–water partition coefficient (Wildman–Crippen LogP) is 3.50. The van der Waals surface area contributed by atoms with Crippen LogP contribution in [0.3, 0.4) is 0 Å². The molecule has 10 nitrogen and oxygen atoms in total. The number of hydrogen-bond acceptors (Lipinski definition) is 7. The minimum atomic E-state index is -3.59. The SMILES string of the molecule is CCn1c(COC(=O)c2cccc([N+](=O)[O-])c2)nc2cc(S(=O)(=O)N3CCCCC3)ccc21. The summed E-state index contributed by atoms with van der Waals surface area (Å²) in [6.07, 6.45) is 2.74. The number of nitro benzene ring substituents is 1. The van der Waals surface area contributed by atoms with Crippen molar-refractivity contribution in [2.24, 2.45) is 0 Å². The highest BCUT2D eigenvalue weighted by atomic mass is 32.2. The van der Waals surface area contributed by atoms with Crippen LogP contribution in [-0.2, 0) is 27.9 Å². The average Bonchev–Trinajstić information content (AvgIpc) is 3.19. The van der Waals surface area contributed by atoms with Crippen molar-refractivity contribution in [1.29, 1.82) is 0 Å². The van der Waals surface area contributed by atoms with Gasteiger partial charge in [-0.05, 0) is 44.0 Å². The fourth-order valence-electron chi connectivity index (χ4n) is 4.00. The smallest absolute Gasteiger partial charge is 0.338 e. The zero-order valence-corrected chi connectivity index (χ0v) is 19.0. The summed E-state index contributed by atoms with van der Waals surface area (Å²) in [4.78, 5) is 27.5. The third-order valence-electron chi connectivity index (χ3n) is 5.69. The van der Waals surface area contributed by atoms with Crippen LogP contribution in [-0.4, -0.2) is 46.3 Å². The van der Waals surface area contributed by atoms with E-state index in [0.29, 0.717) is 31.0 Å². The van der Waals surface area contributed by atoms with Crippen LogP contribution in [0.25, 0.3) is 11.0 Å². The fraction of sp³-hybridized carbons (Fsp3) is 0.364. The number of aryl methyl sites for hydroxylation is 1. The monoisotopic (exact) mass is 472 g/mol. The first kappa shape index (κ1) is 22.9. The number of sulfonamides is 1. The fourth-order valence-corrected chi connectivity index (χ4v) is 5.53. The van der Waals surface area contributed by atoms with Crippen molar-refractivity contribution >= 4 is 32.7 Å². The number of rotatable bonds is 7. The molecule has 0 saturated carbocycles. The van der Waals surface area contributed by atoms with Gasteiger partial charge in [-0.1, -0.05) is 12.5 Å². The molecule has 0 bridgehead atoms. The topological polar surface area (TPSA) is 125 Å². The van der Waals surface area contributed by atoms with Gasteiger partial charge in [0.1, 0.15) is 12.4 Å². The Morgan fingerprint density at radius 1 is 1.15 bits per heavy atom. The number of benzene rings is 2. The quantitative estimate of drug-likeness (QED) is 0.293. The largest absolute Gasteiger partial charge is 0.454 e. The number of nitrogens with zero attached hydrogens (tertiary/aromatic N) is 4. The first-order valence-corrected chi connectivity index (χ1v) is 12.2. The van der Waals surface area contributed by atoms with Crippen molar-refractivity contribution in [3.8, 4) is 0 Å². The lowest BCUT2D eigenvalue weighted by molar-refractivity contribution is -0.384. The van der Waals surface area contributed by atoms with Gasteiger partial charge in [0.15, 0.2) is 0 Å². The number of carbonyl (C=O) groups excluding carboxylic acids is 1. The molecule has 0 atom stereocenters. The third kappa shape index (κ3) is 4.60. The normalized spacial score (nSPS) is 14.9. The Balaban J connectivity index is 1.57. The highest BCUT2D eigenvalue weighted by molar-refractivity contribution is 7.89. The van der Waals surface area contributed by atoms with Crippen molar-refractivity contribution in [2.45, 2.75) is 44.2 Å². The minimum Gasteiger partial charge on any atom is -0.454 e. The van der Waals surface area contributed by atoms with E-state index in [4.69, 9.17) is 4.74 Å². The van der Waals surface area contributed by atoms with Gasteiger partial charge in [0.05, 0.1) is 26.4 Å². The third-order valence-corrected chi connectivity index (χ3v) is 7.59. The zero-order valence-electron chi connectivity index (χ0n) is 18.1. The molecule has 0 spiro atoms. The number of hydrogen-bond donors (Lipinski definition) is 0. The number of nitro groups is 1. The van der Waals surface area contributed by atoms with E-state index in [1.807, 2.05) is 11.5 Å². The number of esters is 1. The second-order valence-electron chi connectivity index (χ2n) is 7.77. The molecule has 1 fully saturated rings. The number of non-ortho nitro benzene ring substituents is 1. The first-order valence-electron chi connectivity index (χ1n) is 10.7. The average molecular weight is 473 g/mol. The number of carbonyl (C=O) groups is 1. The van der Waals surface area contributed by atoms with Crippen LogP contribution < -0.4 is 0 Å². The van der Waals surface area contributed by atoms with Crippen LogP contribution in [0.4, 0.5) is 5.69 Å². The van der Waals surface area contributed by atoms with Gasteiger partial charge in [0.2, 0.25) is 10.0 Å². The minimum absolute atomic E-state index is 0.0678. The van der Waals surface area contributed by atoms with Crippen molar-refractivity contribution in [1.82, 2.24) is 13.9 Å². The molecule has 11 heteroatoms. The van der Waals surface area contributed by atoms with Crippen LogP contribution in [0.15, 0.2) is 47.4 Å². The summed E-state index contributed by atoms with van der Waals surface area (Å²) in [7, 11) is -3.59. The summed E-state index contributed by atoms with van der Waals surface area (Å²) in [6, 6.07) is 10.2. The number of piperidine rings is 1. The Kier molecular flexibility index (Phi) is 6.43. The molecule has 2 aromatic carbocycles. The summed E-state index contributed by atoms with van der Waals surface area (Å²) in [6.45, 7) is 3.33. The van der Waals surface area contributed by atoms with Crippen molar-refractivity contribution in [2.75, 3.05) is 13.1 Å². The lowest BCUT2D eigenvalue weighted by atomic mass is 10.2. The molecule has 1 aliphatic heterocycles. The van der Waals surface area contributed by atoms with Crippen molar-refractivity contribution < 1.29 is 22.9 Å². The highest BCUT2D eigenvalue weighted by Crippen LogP contribution is 2.25. The van der Waals surface area contributed by atoms with Crippen LogP contribution in [0.5, 0.6) is 0 Å². The number of aromatic nitrogens is 2. The van der Waals surface area contributed by atoms with Crippen molar-refractivity contribution in [3.63, 3.8) is 0 Å². The lowest BCUT2D eigenvalue weighted by Gasteiger charge is -2.25. The Labute approximate surface area is 191 Å². The predicted molar refractivity (Wildman–Crippen MR) is 120 cm³/mol. The molecule has 4 rings (SSSR count). The molecule has 1 aliphatic rings. The maximum absolute atomic E-state index is 13.0. The van der Waals surface area contributed by atoms with E-state index < -0.39 is 20.9 Å². The second-order valence-corrected chi connectivity index (χ2v) is 9.71. The summed E-state index contributed by atoms with van der Waals surface area (Å²) in [5.74, 6) is -0.249. The van der Waals surface area contributed by atoms with Gasteiger partial charge in [0, 0.05) is 31.8 Å². The van der Waals surface area contributed by atoms with E-state index in [0.717, 1.165) is 30.8 Å². The molecular weight excluding hydrogens is 448 g/mol. The lowest BCUT2D eigenvalue weighted by Crippen LogP contribution is -2.35. The molecule has 0 amide bonds. The number of imidazole rings is 1. The molecule has 0 N–H and O–H groups in total. The standard InChI is InChI=1S/C22H24N4O6S/c1-2-25-20-10-9-18(33(30,31)24-11-4-3-5-12-24)14-19(20)23-21(25)15-32-22(27)16-7-6-8-17(13-16)26(28)29/h6-10,13-14H,2-5,11-12,15H2,1H3. The first-order chi connectivity index (χ1) is 15.8. The maximum Gasteiger partial charge on any atom is 0.338 e. The van der Waals surface area contributed by atoms with Crippen LogP contribution in [0, 0.1) is 10.1 Å². The molecule has 174 valence electrons. The summed E-state index contributed by atoms with van der Waals surface area (Å²) < 4.78 is 34.7. The molecule has 1 saturated heterocycles. The Bertz CT molecular complexity index is 1310. The number of ether oxygens (including phenoxy) is 1. The molecule has 33 heavy (non-hydrogen) atoms. The van der Waals surface area contributed by atoms with Gasteiger partial charge in [-0.15, -0.1) is 0 Å². The maximum atomic E-state index is 13.0. The van der Waals surface area contributed by atoms with Gasteiger partial charge >= 0.3 is 5.97 Å².